The first kappa shape index (κ1) is 22.7. The van der Waals surface area contributed by atoms with Crippen molar-refractivity contribution in [3.05, 3.63) is 136 Å². The first-order valence-corrected chi connectivity index (χ1v) is 12.1. The van der Waals surface area contributed by atoms with Crippen LogP contribution in [0, 0.1) is 0 Å². The van der Waals surface area contributed by atoms with Gasteiger partial charge in [-0.05, 0) is 53.1 Å². The van der Waals surface area contributed by atoms with E-state index < -0.39 is 0 Å². The summed E-state index contributed by atoms with van der Waals surface area (Å²) in [4.78, 5) is 12.2. The van der Waals surface area contributed by atoms with Crippen molar-refractivity contribution in [3.8, 4) is 0 Å². The Bertz CT molecular complexity index is 1350. The molecule has 0 fully saturated rings. The quantitative estimate of drug-likeness (QED) is 0.230. The Hall–Kier alpha value is -4.03. The molecule has 4 aromatic rings. The highest BCUT2D eigenvalue weighted by Crippen LogP contribution is 2.37. The number of carbonyl (C=O) groups is 1. The van der Waals surface area contributed by atoms with Crippen LogP contribution in [0.4, 0.5) is 5.69 Å². The first-order chi connectivity index (χ1) is 17.2. The van der Waals surface area contributed by atoms with Crippen LogP contribution in [0.1, 0.15) is 39.5 Å². The van der Waals surface area contributed by atoms with Gasteiger partial charge in [0.05, 0.1) is 23.7 Å². The molecule has 0 saturated heterocycles. The Kier molecular flexibility index (Phi) is 6.82. The summed E-state index contributed by atoms with van der Waals surface area (Å²) in [6.07, 6.45) is 2.46. The zero-order chi connectivity index (χ0) is 24.0. The SMILES string of the molecule is O=C(N/N=C/c1ccc(N2N=C(c3ccccc3)CC2c2ccc(Br)cc2)cc1)c1ccccc1. The van der Waals surface area contributed by atoms with E-state index in [9.17, 15) is 4.79 Å². The summed E-state index contributed by atoms with van der Waals surface area (Å²) in [5.41, 5.74) is 8.42. The molecule has 0 aliphatic carbocycles. The van der Waals surface area contributed by atoms with E-state index in [0.29, 0.717) is 5.56 Å². The molecule has 0 bridgehead atoms. The number of carbonyl (C=O) groups excluding carboxylic acids is 1. The predicted molar refractivity (Wildman–Crippen MR) is 145 cm³/mol. The fourth-order valence-corrected chi connectivity index (χ4v) is 4.29. The third kappa shape index (κ3) is 5.39. The van der Waals surface area contributed by atoms with E-state index in [0.717, 1.165) is 33.4 Å². The second kappa shape index (κ2) is 10.5. The van der Waals surface area contributed by atoms with Crippen LogP contribution in [0.25, 0.3) is 0 Å². The summed E-state index contributed by atoms with van der Waals surface area (Å²) in [5, 5.41) is 11.2. The summed E-state index contributed by atoms with van der Waals surface area (Å²) < 4.78 is 1.05. The highest BCUT2D eigenvalue weighted by molar-refractivity contribution is 9.10. The van der Waals surface area contributed by atoms with Gasteiger partial charge in [-0.25, -0.2) is 5.43 Å². The lowest BCUT2D eigenvalue weighted by atomic mass is 9.98. The van der Waals surface area contributed by atoms with E-state index in [1.165, 1.54) is 5.56 Å². The molecule has 5 nitrogen and oxygen atoms in total. The van der Waals surface area contributed by atoms with Crippen LogP contribution < -0.4 is 10.4 Å². The molecule has 0 aromatic heterocycles. The fraction of sp³-hybridized carbons (Fsp3) is 0.0690. The van der Waals surface area contributed by atoms with Crippen molar-refractivity contribution in [2.45, 2.75) is 12.5 Å². The number of amides is 1. The normalized spacial score (nSPS) is 15.3. The third-order valence-electron chi connectivity index (χ3n) is 5.85. The number of hydrogen-bond donors (Lipinski definition) is 1. The van der Waals surface area contributed by atoms with E-state index in [1.54, 1.807) is 18.3 Å². The van der Waals surface area contributed by atoms with Crippen molar-refractivity contribution >= 4 is 39.5 Å². The highest BCUT2D eigenvalue weighted by atomic mass is 79.9. The van der Waals surface area contributed by atoms with Crippen LogP contribution in [0.15, 0.2) is 124 Å². The van der Waals surface area contributed by atoms with Crippen LogP contribution in [-0.2, 0) is 0 Å². The van der Waals surface area contributed by atoms with Gasteiger partial charge in [0.2, 0.25) is 0 Å². The van der Waals surface area contributed by atoms with Crippen molar-refractivity contribution in [2.24, 2.45) is 10.2 Å². The lowest BCUT2D eigenvalue weighted by molar-refractivity contribution is 0.0955. The Morgan fingerprint density at radius 2 is 1.54 bits per heavy atom. The number of halogens is 1. The van der Waals surface area contributed by atoms with Crippen LogP contribution in [0.3, 0.4) is 0 Å². The second-order valence-electron chi connectivity index (χ2n) is 8.19. The summed E-state index contributed by atoms with van der Waals surface area (Å²) in [7, 11) is 0. The summed E-state index contributed by atoms with van der Waals surface area (Å²) >= 11 is 3.53. The zero-order valence-electron chi connectivity index (χ0n) is 18.9. The van der Waals surface area contributed by atoms with E-state index in [4.69, 9.17) is 5.10 Å². The van der Waals surface area contributed by atoms with Gasteiger partial charge in [0.1, 0.15) is 0 Å². The maximum atomic E-state index is 12.2. The Morgan fingerprint density at radius 1 is 0.886 bits per heavy atom. The smallest absolute Gasteiger partial charge is 0.267 e. The topological polar surface area (TPSA) is 57.1 Å². The van der Waals surface area contributed by atoms with Gasteiger partial charge in [-0.3, -0.25) is 9.80 Å². The van der Waals surface area contributed by atoms with Crippen molar-refractivity contribution in [3.63, 3.8) is 0 Å². The minimum Gasteiger partial charge on any atom is -0.267 e. The molecule has 1 unspecified atom stereocenters. The third-order valence-corrected chi connectivity index (χ3v) is 6.37. The van der Waals surface area contributed by atoms with Gasteiger partial charge in [-0.15, -0.1) is 0 Å². The second-order valence-corrected chi connectivity index (χ2v) is 9.10. The molecule has 35 heavy (non-hydrogen) atoms. The van der Waals surface area contributed by atoms with Crippen LogP contribution >= 0.6 is 15.9 Å². The number of hydrogen-bond acceptors (Lipinski definition) is 4. The van der Waals surface area contributed by atoms with Gasteiger partial charge in [0.25, 0.3) is 5.91 Å². The molecule has 6 heteroatoms. The number of rotatable bonds is 6. The first-order valence-electron chi connectivity index (χ1n) is 11.3. The number of nitrogens with one attached hydrogen (secondary N) is 1. The summed E-state index contributed by atoms with van der Waals surface area (Å²) in [5.74, 6) is -0.240. The molecule has 5 rings (SSSR count). The number of benzene rings is 4. The van der Waals surface area contributed by atoms with Crippen molar-refractivity contribution in [1.82, 2.24) is 5.43 Å². The molecular weight excluding hydrogens is 500 g/mol. The Labute approximate surface area is 212 Å². The fourth-order valence-electron chi connectivity index (χ4n) is 4.03. The van der Waals surface area contributed by atoms with E-state index in [1.807, 2.05) is 60.7 Å². The summed E-state index contributed by atoms with van der Waals surface area (Å²) in [6.45, 7) is 0. The van der Waals surface area contributed by atoms with Gasteiger partial charge in [0.15, 0.2) is 0 Å². The van der Waals surface area contributed by atoms with Gasteiger partial charge in [0, 0.05) is 16.5 Å². The predicted octanol–water partition coefficient (Wildman–Crippen LogP) is 6.57. The van der Waals surface area contributed by atoms with Crippen molar-refractivity contribution in [1.29, 1.82) is 0 Å². The highest BCUT2D eigenvalue weighted by Gasteiger charge is 2.29. The van der Waals surface area contributed by atoms with Crippen molar-refractivity contribution in [2.75, 3.05) is 5.01 Å². The van der Waals surface area contributed by atoms with E-state index in [-0.39, 0.29) is 11.9 Å². The van der Waals surface area contributed by atoms with E-state index in [2.05, 4.69) is 67.9 Å². The number of hydrazone groups is 2. The van der Waals surface area contributed by atoms with Crippen LogP contribution in [0.5, 0.6) is 0 Å². The molecule has 1 aliphatic rings. The molecule has 1 N–H and O–H groups in total. The minimum atomic E-state index is -0.240. The molecule has 1 atom stereocenters. The molecule has 0 spiro atoms. The average molecular weight is 523 g/mol. The summed E-state index contributed by atoms with van der Waals surface area (Å²) in [6, 6.07) is 35.9. The lowest BCUT2D eigenvalue weighted by Gasteiger charge is -2.24. The van der Waals surface area contributed by atoms with Gasteiger partial charge in [-0.1, -0.05) is 88.7 Å². The minimum absolute atomic E-state index is 0.1000. The average Bonchev–Trinajstić information content (AvgIpc) is 3.36. The van der Waals surface area contributed by atoms with Crippen LogP contribution in [-0.4, -0.2) is 17.8 Å². The van der Waals surface area contributed by atoms with Gasteiger partial charge < -0.3 is 0 Å². The Balaban J connectivity index is 1.35. The Morgan fingerprint density at radius 3 is 2.23 bits per heavy atom. The molecule has 172 valence electrons. The largest absolute Gasteiger partial charge is 0.271 e. The molecule has 0 saturated carbocycles. The monoisotopic (exact) mass is 522 g/mol. The van der Waals surface area contributed by atoms with Crippen molar-refractivity contribution < 1.29 is 4.79 Å². The van der Waals surface area contributed by atoms with Gasteiger partial charge in [-0.2, -0.15) is 10.2 Å². The standard InChI is InChI=1S/C29H23BrN4O/c30-25-15-13-23(14-16-25)28-19-27(22-7-3-1-4-8-22)33-34(28)26-17-11-21(12-18-26)20-31-32-29(35)24-9-5-2-6-10-24/h1-18,20,28H,19H2,(H,32,35)/b31-20+. The molecule has 1 heterocycles. The number of anilines is 1. The molecule has 4 aromatic carbocycles. The lowest BCUT2D eigenvalue weighted by Crippen LogP contribution is -2.18. The molecule has 1 aliphatic heterocycles. The maximum absolute atomic E-state index is 12.2. The molecule has 1 amide bonds. The number of nitrogens with zero attached hydrogens (tertiary/aromatic N) is 3. The zero-order valence-corrected chi connectivity index (χ0v) is 20.5. The van der Waals surface area contributed by atoms with Gasteiger partial charge >= 0.3 is 0 Å². The van der Waals surface area contributed by atoms with Crippen LogP contribution in [0.2, 0.25) is 0 Å². The molecule has 0 radical (unpaired) electrons. The maximum Gasteiger partial charge on any atom is 0.271 e. The molecular formula is C29H23BrN4O. The van der Waals surface area contributed by atoms with E-state index >= 15 is 0 Å².